The molecule has 2 aliphatic heterocycles. The summed E-state index contributed by atoms with van der Waals surface area (Å²) in [6.07, 6.45) is 5.12. The molecule has 0 unspecified atom stereocenters. The molecule has 10 nitrogen and oxygen atoms in total. The van der Waals surface area contributed by atoms with Crippen molar-refractivity contribution >= 4 is 17.0 Å². The van der Waals surface area contributed by atoms with Gasteiger partial charge in [-0.25, -0.2) is 23.5 Å². The first-order valence-electron chi connectivity index (χ1n) is 14.5. The number of fused-ring (bicyclic) bond motifs is 1. The highest BCUT2D eigenvalue weighted by Gasteiger charge is 2.29. The number of piperidine rings is 1. The van der Waals surface area contributed by atoms with Crippen molar-refractivity contribution in [2.75, 3.05) is 13.2 Å². The highest BCUT2D eigenvalue weighted by atomic mass is 19.1. The summed E-state index contributed by atoms with van der Waals surface area (Å²) in [6.45, 7) is 4.84. The van der Waals surface area contributed by atoms with Crippen molar-refractivity contribution in [2.24, 2.45) is 0 Å². The van der Waals surface area contributed by atoms with Crippen LogP contribution in [0.15, 0.2) is 48.7 Å². The Morgan fingerprint density at radius 3 is 2.79 bits per heavy atom. The maximum absolute atomic E-state index is 13.9. The number of nitrogens with zero attached hydrogens (tertiary/aromatic N) is 5. The van der Waals surface area contributed by atoms with Crippen molar-refractivity contribution in [1.82, 2.24) is 24.4 Å². The van der Waals surface area contributed by atoms with E-state index in [0.717, 1.165) is 67.8 Å². The van der Waals surface area contributed by atoms with Gasteiger partial charge in [0.2, 0.25) is 5.88 Å². The van der Waals surface area contributed by atoms with Crippen molar-refractivity contribution in [3.8, 4) is 11.6 Å². The van der Waals surface area contributed by atoms with E-state index in [1.165, 1.54) is 6.07 Å². The lowest BCUT2D eigenvalue weighted by Gasteiger charge is -2.37. The molecule has 43 heavy (non-hydrogen) atoms. The molecule has 0 bridgehead atoms. The third-order valence-electron chi connectivity index (χ3n) is 8.01. The molecule has 0 amide bonds. The molecule has 12 heteroatoms. The number of benzene rings is 2. The number of carboxylic acid groups (broad SMARTS) is 1. The van der Waals surface area contributed by atoms with Crippen molar-refractivity contribution in [3.05, 3.63) is 77.5 Å². The highest BCUT2D eigenvalue weighted by Crippen LogP contribution is 2.27. The van der Waals surface area contributed by atoms with Crippen LogP contribution in [-0.2, 0) is 24.4 Å². The van der Waals surface area contributed by atoms with E-state index in [-0.39, 0.29) is 36.2 Å². The van der Waals surface area contributed by atoms with Crippen molar-refractivity contribution in [3.63, 3.8) is 0 Å². The van der Waals surface area contributed by atoms with Crippen LogP contribution in [0.1, 0.15) is 54.6 Å². The van der Waals surface area contributed by atoms with Crippen molar-refractivity contribution in [2.45, 2.75) is 70.6 Å². The number of hydrogen-bond donors (Lipinski definition) is 1. The number of hydrogen-bond acceptors (Lipinski definition) is 8. The van der Waals surface area contributed by atoms with E-state index >= 15 is 0 Å². The van der Waals surface area contributed by atoms with Crippen LogP contribution in [0.4, 0.5) is 8.78 Å². The summed E-state index contributed by atoms with van der Waals surface area (Å²) in [5.74, 6) is -0.895. The van der Waals surface area contributed by atoms with Gasteiger partial charge in [-0.1, -0.05) is 0 Å². The first-order valence-corrected chi connectivity index (χ1v) is 14.5. The van der Waals surface area contributed by atoms with Crippen molar-refractivity contribution < 1.29 is 32.9 Å². The fourth-order valence-electron chi connectivity index (χ4n) is 5.74. The van der Waals surface area contributed by atoms with Crippen LogP contribution in [0.2, 0.25) is 0 Å². The van der Waals surface area contributed by atoms with Gasteiger partial charge in [0.25, 0.3) is 0 Å². The number of carbonyl (C=O) groups is 1. The minimum Gasteiger partial charge on any atom is -0.483 e. The van der Waals surface area contributed by atoms with Gasteiger partial charge < -0.3 is 23.9 Å². The molecule has 0 aliphatic carbocycles. The van der Waals surface area contributed by atoms with Crippen LogP contribution in [0.3, 0.4) is 0 Å². The molecule has 4 aromatic rings. The molecule has 1 N–H and O–H groups in total. The summed E-state index contributed by atoms with van der Waals surface area (Å²) >= 11 is 0. The zero-order valence-corrected chi connectivity index (χ0v) is 23.8. The van der Waals surface area contributed by atoms with Gasteiger partial charge in [0.15, 0.2) is 17.4 Å². The van der Waals surface area contributed by atoms with Crippen LogP contribution in [0, 0.1) is 11.6 Å². The molecule has 6 rings (SSSR count). The molecule has 2 aromatic carbocycles. The average Bonchev–Trinajstić information content (AvgIpc) is 3.62. The molecular formula is C31H33F2N5O5. The number of ether oxygens (including phenoxy) is 3. The SMILES string of the molecule is C[C@H]1C[C@@H](Oc2ccnc(COc3ccc(F)cc3F)n2)CCN1Cc1nc2ccc(C(=O)O)cc2n1C[C@@H]1CCCO1. The molecule has 0 saturated carbocycles. The fourth-order valence-corrected chi connectivity index (χ4v) is 5.74. The van der Waals surface area contributed by atoms with E-state index < -0.39 is 17.6 Å². The minimum absolute atomic E-state index is 0.0618. The number of aromatic nitrogens is 4. The lowest BCUT2D eigenvalue weighted by Crippen LogP contribution is -2.44. The largest absolute Gasteiger partial charge is 0.483 e. The van der Waals surface area contributed by atoms with E-state index in [9.17, 15) is 18.7 Å². The summed E-state index contributed by atoms with van der Waals surface area (Å²) in [6, 6.07) is 10.0. The number of likely N-dealkylation sites (tertiary alicyclic amines) is 1. The summed E-state index contributed by atoms with van der Waals surface area (Å²) in [5, 5.41) is 9.55. The van der Waals surface area contributed by atoms with Gasteiger partial charge in [0.05, 0.1) is 35.8 Å². The van der Waals surface area contributed by atoms with E-state index in [0.29, 0.717) is 24.8 Å². The van der Waals surface area contributed by atoms with Crippen LogP contribution in [-0.4, -0.2) is 66.9 Å². The topological polar surface area (TPSA) is 112 Å². The molecule has 2 fully saturated rings. The fraction of sp³-hybridized carbons (Fsp3) is 0.419. The highest BCUT2D eigenvalue weighted by molar-refractivity contribution is 5.92. The van der Waals surface area contributed by atoms with Gasteiger partial charge in [-0.3, -0.25) is 4.90 Å². The molecule has 2 saturated heterocycles. The summed E-state index contributed by atoms with van der Waals surface area (Å²) in [5.41, 5.74) is 1.82. The number of imidazole rings is 1. The third kappa shape index (κ3) is 6.75. The molecule has 4 heterocycles. The predicted octanol–water partition coefficient (Wildman–Crippen LogP) is 4.99. The molecule has 0 spiro atoms. The number of aromatic carboxylic acids is 1. The predicted molar refractivity (Wildman–Crippen MR) is 152 cm³/mol. The lowest BCUT2D eigenvalue weighted by molar-refractivity contribution is 0.0524. The maximum Gasteiger partial charge on any atom is 0.335 e. The van der Waals surface area contributed by atoms with E-state index in [2.05, 4.69) is 26.4 Å². The summed E-state index contributed by atoms with van der Waals surface area (Å²) in [4.78, 5) is 27.5. The second-order valence-corrected chi connectivity index (χ2v) is 11.0. The Labute approximate surface area is 247 Å². The first-order chi connectivity index (χ1) is 20.8. The second kappa shape index (κ2) is 12.6. The average molecular weight is 594 g/mol. The zero-order chi connectivity index (χ0) is 29.9. The number of rotatable bonds is 10. The van der Waals surface area contributed by atoms with Gasteiger partial charge in [-0.05, 0) is 62.9 Å². The quantitative estimate of drug-likeness (QED) is 0.272. The Morgan fingerprint density at radius 2 is 2.02 bits per heavy atom. The van der Waals surface area contributed by atoms with Gasteiger partial charge in [0, 0.05) is 37.5 Å². The van der Waals surface area contributed by atoms with Crippen LogP contribution in [0.5, 0.6) is 11.6 Å². The van der Waals surface area contributed by atoms with E-state index in [1.54, 1.807) is 30.5 Å². The molecule has 3 atom stereocenters. The second-order valence-electron chi connectivity index (χ2n) is 11.0. The zero-order valence-electron chi connectivity index (χ0n) is 23.8. The standard InChI is InChI=1S/C31H33F2N5O5/c1-19-13-22(43-30-8-10-34-28(36-30)18-42-27-7-5-21(32)15-24(27)33)9-11-37(19)17-29-35-25-6-4-20(31(39)40)14-26(25)38(29)16-23-3-2-12-41-23/h4-8,10,14-15,19,22-23H,2-3,9,11-13,16-18H2,1H3,(H,39,40)/t19-,22-,23-/m0/s1. The molecule has 2 aromatic heterocycles. The Morgan fingerprint density at radius 1 is 1.14 bits per heavy atom. The molecule has 226 valence electrons. The first kappa shape index (κ1) is 28.9. The lowest BCUT2D eigenvalue weighted by atomic mass is 10.0. The minimum atomic E-state index is -0.964. The number of halogens is 2. The van der Waals surface area contributed by atoms with Gasteiger partial charge >= 0.3 is 5.97 Å². The van der Waals surface area contributed by atoms with Gasteiger partial charge in [-0.15, -0.1) is 0 Å². The Bertz CT molecular complexity index is 1610. The smallest absolute Gasteiger partial charge is 0.335 e. The van der Waals surface area contributed by atoms with Gasteiger partial charge in [0.1, 0.15) is 24.4 Å². The Kier molecular flexibility index (Phi) is 8.48. The number of carboxylic acids is 1. The van der Waals surface area contributed by atoms with Crippen LogP contribution < -0.4 is 9.47 Å². The Balaban J connectivity index is 1.10. The molecule has 0 radical (unpaired) electrons. The third-order valence-corrected chi connectivity index (χ3v) is 8.01. The van der Waals surface area contributed by atoms with Crippen LogP contribution in [0.25, 0.3) is 11.0 Å². The van der Waals surface area contributed by atoms with Gasteiger partial charge in [-0.2, -0.15) is 4.98 Å². The van der Waals surface area contributed by atoms with Crippen LogP contribution >= 0.6 is 0 Å². The summed E-state index contributed by atoms with van der Waals surface area (Å²) in [7, 11) is 0. The molecular weight excluding hydrogens is 560 g/mol. The van der Waals surface area contributed by atoms with E-state index in [1.807, 2.05) is 0 Å². The maximum atomic E-state index is 13.9. The Hall–Kier alpha value is -4.16. The summed E-state index contributed by atoms with van der Waals surface area (Å²) < 4.78 is 46.7. The normalized spacial score (nSPS) is 20.9. The van der Waals surface area contributed by atoms with Crippen molar-refractivity contribution in [1.29, 1.82) is 0 Å². The monoisotopic (exact) mass is 593 g/mol. The molecule has 2 aliphatic rings. The van der Waals surface area contributed by atoms with E-state index in [4.69, 9.17) is 19.2 Å².